The van der Waals surface area contributed by atoms with E-state index in [9.17, 15) is 16.8 Å². The van der Waals surface area contributed by atoms with Crippen LogP contribution in [0.1, 0.15) is 37.3 Å². The molecule has 0 atom stereocenters. The van der Waals surface area contributed by atoms with Crippen molar-refractivity contribution in [2.24, 2.45) is 0 Å². The molecule has 2 aromatic carbocycles. The van der Waals surface area contributed by atoms with E-state index in [4.69, 9.17) is 8.37 Å². The third kappa shape index (κ3) is 6.14. The zero-order valence-electron chi connectivity index (χ0n) is 15.6. The smallest absolute Gasteiger partial charge is 0.233 e. The Kier molecular flexibility index (Phi) is 7.16. The van der Waals surface area contributed by atoms with Crippen molar-refractivity contribution in [3.05, 3.63) is 59.7 Å². The van der Waals surface area contributed by atoms with Gasteiger partial charge in [0.15, 0.2) is 6.29 Å². The van der Waals surface area contributed by atoms with Gasteiger partial charge in [0, 0.05) is 6.42 Å². The van der Waals surface area contributed by atoms with Gasteiger partial charge < -0.3 is 0 Å². The Bertz CT molecular complexity index is 869. The molecule has 0 amide bonds. The van der Waals surface area contributed by atoms with E-state index in [1.807, 2.05) is 20.8 Å². The Balaban J connectivity index is 2.24. The van der Waals surface area contributed by atoms with Crippen LogP contribution in [0, 0.1) is 13.8 Å². The Morgan fingerprint density at radius 2 is 1.11 bits per heavy atom. The van der Waals surface area contributed by atoms with Crippen LogP contribution >= 0.6 is 0 Å². The van der Waals surface area contributed by atoms with Gasteiger partial charge in [0.2, 0.25) is 0 Å². The van der Waals surface area contributed by atoms with E-state index in [-0.39, 0.29) is 16.2 Å². The lowest BCUT2D eigenvalue weighted by Gasteiger charge is -2.18. The molecule has 0 fully saturated rings. The van der Waals surface area contributed by atoms with Crippen LogP contribution in [0.3, 0.4) is 0 Å². The fourth-order valence-corrected chi connectivity index (χ4v) is 4.33. The van der Waals surface area contributed by atoms with Crippen molar-refractivity contribution in [2.75, 3.05) is 0 Å². The first-order valence-corrected chi connectivity index (χ1v) is 11.5. The summed E-state index contributed by atoms with van der Waals surface area (Å²) in [6, 6.07) is 12.2. The zero-order valence-corrected chi connectivity index (χ0v) is 17.2. The summed E-state index contributed by atoms with van der Waals surface area (Å²) < 4.78 is 60.2. The molecule has 0 unspecified atom stereocenters. The molecule has 0 saturated carbocycles. The van der Waals surface area contributed by atoms with Gasteiger partial charge in [-0.2, -0.15) is 16.8 Å². The van der Waals surface area contributed by atoms with E-state index < -0.39 is 26.5 Å². The molecule has 6 nitrogen and oxygen atoms in total. The maximum Gasteiger partial charge on any atom is 0.299 e. The Hall–Kier alpha value is -1.74. The highest BCUT2D eigenvalue weighted by atomic mass is 32.2. The molecule has 0 aromatic heterocycles. The molecule has 0 aliphatic heterocycles. The lowest BCUT2D eigenvalue weighted by atomic mass is 10.2. The fourth-order valence-electron chi connectivity index (χ4n) is 2.29. The Morgan fingerprint density at radius 3 is 1.44 bits per heavy atom. The molecule has 0 saturated heterocycles. The third-order valence-corrected chi connectivity index (χ3v) is 6.52. The third-order valence-electron chi connectivity index (χ3n) is 3.88. The molecule has 0 heterocycles. The molecule has 148 valence electrons. The molecule has 0 aliphatic rings. The van der Waals surface area contributed by atoms with Gasteiger partial charge in [0.1, 0.15) is 0 Å². The van der Waals surface area contributed by atoms with Crippen LogP contribution in [0.2, 0.25) is 0 Å². The summed E-state index contributed by atoms with van der Waals surface area (Å²) in [6.45, 7) is 5.57. The SMILES string of the molecule is CCCCC(OS(=O)(=O)c1ccc(C)cc1)OS(=O)(=O)c1ccc(C)cc1. The average molecular weight is 413 g/mol. The molecule has 0 N–H and O–H groups in total. The quantitative estimate of drug-likeness (QED) is 0.458. The highest BCUT2D eigenvalue weighted by Gasteiger charge is 2.28. The number of hydrogen-bond acceptors (Lipinski definition) is 6. The van der Waals surface area contributed by atoms with Crippen molar-refractivity contribution in [1.82, 2.24) is 0 Å². The number of hydrogen-bond donors (Lipinski definition) is 0. The largest absolute Gasteiger partial charge is 0.299 e. The predicted molar refractivity (Wildman–Crippen MR) is 102 cm³/mol. The van der Waals surface area contributed by atoms with Gasteiger partial charge in [-0.3, -0.25) is 0 Å². The van der Waals surface area contributed by atoms with E-state index in [0.29, 0.717) is 6.42 Å². The first-order chi connectivity index (χ1) is 12.6. The predicted octanol–water partition coefficient (Wildman–Crippen LogP) is 3.93. The molecule has 0 aliphatic carbocycles. The highest BCUT2D eigenvalue weighted by molar-refractivity contribution is 7.87. The van der Waals surface area contributed by atoms with Gasteiger partial charge in [-0.05, 0) is 44.5 Å². The van der Waals surface area contributed by atoms with E-state index in [1.54, 1.807) is 24.3 Å². The van der Waals surface area contributed by atoms with Crippen LogP contribution in [0.25, 0.3) is 0 Å². The van der Waals surface area contributed by atoms with Crippen LogP contribution in [-0.2, 0) is 28.6 Å². The molecular weight excluding hydrogens is 388 g/mol. The number of unbranched alkanes of at least 4 members (excludes halogenated alkanes) is 1. The van der Waals surface area contributed by atoms with Gasteiger partial charge >= 0.3 is 0 Å². The lowest BCUT2D eigenvalue weighted by molar-refractivity contribution is 0.00910. The van der Waals surface area contributed by atoms with E-state index in [2.05, 4.69) is 0 Å². The molecule has 8 heteroatoms. The number of aryl methyl sites for hydroxylation is 2. The Labute approximate surface area is 161 Å². The molecule has 27 heavy (non-hydrogen) atoms. The van der Waals surface area contributed by atoms with Crippen molar-refractivity contribution in [3.8, 4) is 0 Å². The van der Waals surface area contributed by atoms with Crippen molar-refractivity contribution in [1.29, 1.82) is 0 Å². The summed E-state index contributed by atoms with van der Waals surface area (Å²) in [4.78, 5) is -0.100. The molecule has 0 radical (unpaired) electrons. The molecule has 0 spiro atoms. The molecule has 0 bridgehead atoms. The first kappa shape index (κ1) is 21.6. The normalized spacial score (nSPS) is 12.4. The van der Waals surface area contributed by atoms with Crippen molar-refractivity contribution < 1.29 is 25.2 Å². The second-order valence-corrected chi connectivity index (χ2v) is 9.44. The summed E-state index contributed by atoms with van der Waals surface area (Å²) in [5, 5.41) is 0. The molecule has 2 rings (SSSR count). The van der Waals surface area contributed by atoms with E-state index >= 15 is 0 Å². The van der Waals surface area contributed by atoms with Crippen LogP contribution < -0.4 is 0 Å². The first-order valence-electron chi connectivity index (χ1n) is 8.64. The minimum Gasteiger partial charge on any atom is -0.233 e. The monoisotopic (exact) mass is 412 g/mol. The average Bonchev–Trinajstić information content (AvgIpc) is 2.60. The van der Waals surface area contributed by atoms with Gasteiger partial charge in [0.05, 0.1) is 9.79 Å². The number of rotatable bonds is 9. The second kappa shape index (κ2) is 8.97. The zero-order chi connectivity index (χ0) is 20.1. The summed E-state index contributed by atoms with van der Waals surface area (Å²) in [7, 11) is -8.31. The minimum atomic E-state index is -4.16. The van der Waals surface area contributed by atoms with Crippen molar-refractivity contribution in [2.45, 2.75) is 56.1 Å². The topological polar surface area (TPSA) is 86.7 Å². The van der Waals surface area contributed by atoms with Gasteiger partial charge in [-0.15, -0.1) is 0 Å². The van der Waals surface area contributed by atoms with Gasteiger partial charge in [0.25, 0.3) is 20.2 Å². The van der Waals surface area contributed by atoms with Crippen molar-refractivity contribution in [3.63, 3.8) is 0 Å². The second-order valence-electron chi connectivity index (χ2n) is 6.30. The van der Waals surface area contributed by atoms with E-state index in [0.717, 1.165) is 17.5 Å². The Morgan fingerprint density at radius 1 is 0.741 bits per heavy atom. The van der Waals surface area contributed by atoms with Crippen LogP contribution in [0.4, 0.5) is 0 Å². The minimum absolute atomic E-state index is 0.0501. The van der Waals surface area contributed by atoms with Crippen LogP contribution in [0.15, 0.2) is 58.3 Å². The lowest BCUT2D eigenvalue weighted by Crippen LogP contribution is -2.25. The summed E-state index contributed by atoms with van der Waals surface area (Å²) >= 11 is 0. The van der Waals surface area contributed by atoms with Crippen LogP contribution in [0.5, 0.6) is 0 Å². The maximum atomic E-state index is 12.5. The highest BCUT2D eigenvalue weighted by Crippen LogP contribution is 2.22. The van der Waals surface area contributed by atoms with Gasteiger partial charge in [-0.1, -0.05) is 48.7 Å². The summed E-state index contributed by atoms with van der Waals surface area (Å²) in [5.74, 6) is 0. The fraction of sp³-hybridized carbons (Fsp3) is 0.368. The maximum absolute atomic E-state index is 12.5. The standard InChI is InChI=1S/C19H24O6S2/c1-4-5-6-19(24-26(20,21)17-11-7-15(2)8-12-17)25-27(22,23)18-13-9-16(3)10-14-18/h7-14,19H,4-6H2,1-3H3. The van der Waals surface area contributed by atoms with Crippen LogP contribution in [-0.4, -0.2) is 23.1 Å². The molecule has 2 aromatic rings. The molecular formula is C19H24O6S2. The van der Waals surface area contributed by atoms with Gasteiger partial charge in [-0.25, -0.2) is 8.37 Å². The number of benzene rings is 2. The summed E-state index contributed by atoms with van der Waals surface area (Å²) in [6.07, 6.45) is -0.00898. The van der Waals surface area contributed by atoms with Crippen molar-refractivity contribution >= 4 is 20.2 Å². The van der Waals surface area contributed by atoms with E-state index in [1.165, 1.54) is 24.3 Å². The summed E-state index contributed by atoms with van der Waals surface area (Å²) in [5.41, 5.74) is 1.80.